The highest BCUT2D eigenvalue weighted by Crippen LogP contribution is 2.31. The Labute approximate surface area is 172 Å². The standard InChI is InChI=1S/C21H22N4O3S/c1-13-5-6-25(20(13)27)7-8-28-17-9-16(11-22-12-17)15-3-4-18-19(10-15)29-21(24-18)23-14(2)26/h3-4,9-13H,5-8H2,1-2H3,(H,23,24,26)/t13-/m0/s1. The number of hydrogen-bond donors (Lipinski definition) is 1. The Morgan fingerprint density at radius 2 is 2.17 bits per heavy atom. The number of fused-ring (bicyclic) bond motifs is 1. The predicted octanol–water partition coefficient (Wildman–Crippen LogP) is 3.56. The first-order chi connectivity index (χ1) is 14.0. The number of likely N-dealkylation sites (tertiary alicyclic amines) is 1. The first-order valence-electron chi connectivity index (χ1n) is 9.55. The van der Waals surface area contributed by atoms with E-state index in [0.717, 1.165) is 34.3 Å². The molecule has 0 saturated carbocycles. The van der Waals surface area contributed by atoms with Crippen LogP contribution in [0.2, 0.25) is 0 Å². The molecule has 2 amide bonds. The van der Waals surface area contributed by atoms with Crippen molar-refractivity contribution in [2.45, 2.75) is 20.3 Å². The molecule has 1 atom stereocenters. The molecule has 1 saturated heterocycles. The number of hydrogen-bond acceptors (Lipinski definition) is 6. The van der Waals surface area contributed by atoms with Crippen molar-refractivity contribution in [1.82, 2.24) is 14.9 Å². The number of carbonyl (C=O) groups excluding carboxylic acids is 2. The average Bonchev–Trinajstić information content (AvgIpc) is 3.24. The number of ether oxygens (including phenoxy) is 1. The SMILES string of the molecule is CC(=O)Nc1nc2ccc(-c3cncc(OCCN4CC[C@H](C)C4=O)c3)cc2s1. The number of carbonyl (C=O) groups is 2. The van der Waals surface area contributed by atoms with E-state index >= 15 is 0 Å². The lowest BCUT2D eigenvalue weighted by Gasteiger charge is -2.16. The fourth-order valence-corrected chi connectivity index (χ4v) is 4.31. The van der Waals surface area contributed by atoms with Gasteiger partial charge in [0.15, 0.2) is 5.13 Å². The summed E-state index contributed by atoms with van der Waals surface area (Å²) in [6.45, 7) is 5.27. The first-order valence-corrected chi connectivity index (χ1v) is 10.4. The normalized spacial score (nSPS) is 16.4. The number of pyridine rings is 1. The van der Waals surface area contributed by atoms with Gasteiger partial charge >= 0.3 is 0 Å². The molecule has 3 aromatic rings. The monoisotopic (exact) mass is 410 g/mol. The Hall–Kier alpha value is -3.00. The quantitative estimate of drug-likeness (QED) is 0.672. The van der Waals surface area contributed by atoms with Crippen LogP contribution in [0, 0.1) is 5.92 Å². The molecular formula is C21H22N4O3S. The molecule has 1 aliphatic rings. The first kappa shape index (κ1) is 19.3. The zero-order valence-electron chi connectivity index (χ0n) is 16.3. The van der Waals surface area contributed by atoms with E-state index in [4.69, 9.17) is 4.74 Å². The second-order valence-electron chi connectivity index (χ2n) is 7.16. The maximum atomic E-state index is 12.0. The van der Waals surface area contributed by atoms with Gasteiger partial charge in [-0.3, -0.25) is 14.6 Å². The summed E-state index contributed by atoms with van der Waals surface area (Å²) in [4.78, 5) is 33.8. The molecule has 4 rings (SSSR count). The van der Waals surface area contributed by atoms with E-state index in [1.165, 1.54) is 18.3 Å². The van der Waals surface area contributed by atoms with Crippen LogP contribution in [0.5, 0.6) is 5.75 Å². The van der Waals surface area contributed by atoms with Crippen LogP contribution in [0.1, 0.15) is 20.3 Å². The van der Waals surface area contributed by atoms with Crippen molar-refractivity contribution in [2.24, 2.45) is 5.92 Å². The number of benzene rings is 1. The van der Waals surface area contributed by atoms with Gasteiger partial charge in [-0.05, 0) is 30.2 Å². The third kappa shape index (κ3) is 4.37. The molecule has 0 radical (unpaired) electrons. The summed E-state index contributed by atoms with van der Waals surface area (Å²) in [5, 5.41) is 3.31. The number of nitrogens with one attached hydrogen (secondary N) is 1. The summed E-state index contributed by atoms with van der Waals surface area (Å²) in [7, 11) is 0. The minimum atomic E-state index is -0.136. The van der Waals surface area contributed by atoms with Crippen molar-refractivity contribution < 1.29 is 14.3 Å². The van der Waals surface area contributed by atoms with Gasteiger partial charge in [0.1, 0.15) is 12.4 Å². The maximum Gasteiger partial charge on any atom is 0.225 e. The molecular weight excluding hydrogens is 388 g/mol. The van der Waals surface area contributed by atoms with E-state index in [-0.39, 0.29) is 17.7 Å². The molecule has 2 aromatic heterocycles. The molecule has 7 nitrogen and oxygen atoms in total. The molecule has 0 bridgehead atoms. The maximum absolute atomic E-state index is 12.0. The highest BCUT2D eigenvalue weighted by molar-refractivity contribution is 7.22. The van der Waals surface area contributed by atoms with Crippen LogP contribution in [-0.4, -0.2) is 46.4 Å². The van der Waals surface area contributed by atoms with E-state index in [1.807, 2.05) is 36.1 Å². The summed E-state index contributed by atoms with van der Waals surface area (Å²) < 4.78 is 6.82. The Bertz CT molecular complexity index is 1070. The molecule has 0 spiro atoms. The summed E-state index contributed by atoms with van der Waals surface area (Å²) in [5.41, 5.74) is 2.77. The molecule has 0 unspecified atom stereocenters. The Balaban J connectivity index is 1.45. The van der Waals surface area contributed by atoms with Crippen molar-refractivity contribution in [1.29, 1.82) is 0 Å². The fourth-order valence-electron chi connectivity index (χ4n) is 3.35. The Morgan fingerprint density at radius 1 is 1.31 bits per heavy atom. The molecule has 1 aromatic carbocycles. The fraction of sp³-hybridized carbons (Fsp3) is 0.333. The van der Waals surface area contributed by atoms with Gasteiger partial charge in [0.05, 0.1) is 23.0 Å². The summed E-state index contributed by atoms with van der Waals surface area (Å²) in [5.74, 6) is 0.860. The summed E-state index contributed by atoms with van der Waals surface area (Å²) >= 11 is 1.43. The lowest BCUT2D eigenvalue weighted by Crippen LogP contribution is -2.30. The third-order valence-electron chi connectivity index (χ3n) is 4.91. The number of amides is 2. The topological polar surface area (TPSA) is 84.4 Å². The lowest BCUT2D eigenvalue weighted by atomic mass is 10.1. The third-order valence-corrected chi connectivity index (χ3v) is 5.85. The van der Waals surface area contributed by atoms with E-state index in [2.05, 4.69) is 15.3 Å². The number of aromatic nitrogens is 2. The molecule has 8 heteroatoms. The van der Waals surface area contributed by atoms with E-state index in [0.29, 0.717) is 24.0 Å². The minimum absolute atomic E-state index is 0.118. The van der Waals surface area contributed by atoms with Gasteiger partial charge in [-0.25, -0.2) is 4.98 Å². The van der Waals surface area contributed by atoms with Crippen molar-refractivity contribution in [3.05, 3.63) is 36.7 Å². The van der Waals surface area contributed by atoms with Crippen LogP contribution >= 0.6 is 11.3 Å². The van der Waals surface area contributed by atoms with Crippen molar-refractivity contribution in [3.63, 3.8) is 0 Å². The highest BCUT2D eigenvalue weighted by atomic mass is 32.1. The van der Waals surface area contributed by atoms with Crippen molar-refractivity contribution in [2.75, 3.05) is 25.0 Å². The number of anilines is 1. The molecule has 29 heavy (non-hydrogen) atoms. The van der Waals surface area contributed by atoms with Crippen LogP contribution < -0.4 is 10.1 Å². The molecule has 150 valence electrons. The zero-order valence-corrected chi connectivity index (χ0v) is 17.2. The largest absolute Gasteiger partial charge is 0.490 e. The molecule has 1 fully saturated rings. The highest BCUT2D eigenvalue weighted by Gasteiger charge is 2.27. The van der Waals surface area contributed by atoms with Crippen LogP contribution in [0.15, 0.2) is 36.7 Å². The Morgan fingerprint density at radius 3 is 2.93 bits per heavy atom. The van der Waals surface area contributed by atoms with Gasteiger partial charge in [-0.15, -0.1) is 0 Å². The second-order valence-corrected chi connectivity index (χ2v) is 8.19. The smallest absolute Gasteiger partial charge is 0.225 e. The van der Waals surface area contributed by atoms with Gasteiger partial charge < -0.3 is 15.0 Å². The van der Waals surface area contributed by atoms with E-state index in [1.54, 1.807) is 12.4 Å². The number of rotatable bonds is 6. The van der Waals surface area contributed by atoms with Crippen LogP contribution in [-0.2, 0) is 9.59 Å². The van der Waals surface area contributed by atoms with Gasteiger partial charge in [-0.1, -0.05) is 24.3 Å². The second kappa shape index (κ2) is 8.16. The summed E-state index contributed by atoms with van der Waals surface area (Å²) in [6, 6.07) is 7.88. The molecule has 3 heterocycles. The van der Waals surface area contributed by atoms with Gasteiger partial charge in [0, 0.05) is 31.1 Å². The number of nitrogens with zero attached hydrogens (tertiary/aromatic N) is 3. The van der Waals surface area contributed by atoms with Crippen LogP contribution in [0.3, 0.4) is 0 Å². The van der Waals surface area contributed by atoms with Gasteiger partial charge in [0.2, 0.25) is 11.8 Å². The predicted molar refractivity (Wildman–Crippen MR) is 113 cm³/mol. The van der Waals surface area contributed by atoms with Crippen LogP contribution in [0.25, 0.3) is 21.3 Å². The lowest BCUT2D eigenvalue weighted by molar-refractivity contribution is -0.130. The van der Waals surface area contributed by atoms with Gasteiger partial charge in [0.25, 0.3) is 0 Å². The van der Waals surface area contributed by atoms with Crippen LogP contribution in [0.4, 0.5) is 5.13 Å². The average molecular weight is 410 g/mol. The molecule has 0 aliphatic carbocycles. The molecule has 1 N–H and O–H groups in total. The van der Waals surface area contributed by atoms with Crippen molar-refractivity contribution in [3.8, 4) is 16.9 Å². The Kier molecular flexibility index (Phi) is 5.44. The molecule has 1 aliphatic heterocycles. The van der Waals surface area contributed by atoms with E-state index in [9.17, 15) is 9.59 Å². The van der Waals surface area contributed by atoms with Crippen molar-refractivity contribution >= 4 is 38.5 Å². The number of thiazole rings is 1. The van der Waals surface area contributed by atoms with E-state index < -0.39 is 0 Å². The summed E-state index contributed by atoms with van der Waals surface area (Å²) in [6.07, 6.45) is 4.38. The zero-order chi connectivity index (χ0) is 20.4. The van der Waals surface area contributed by atoms with Gasteiger partial charge in [-0.2, -0.15) is 0 Å². The minimum Gasteiger partial charge on any atom is -0.490 e.